The lowest BCUT2D eigenvalue weighted by Crippen LogP contribution is -2.00. The minimum absolute atomic E-state index is 0.0402. The number of rotatable bonds is 3. The van der Waals surface area contributed by atoms with Gasteiger partial charge in [0.05, 0.1) is 17.4 Å². The number of aromatic nitrogens is 2. The van der Waals surface area contributed by atoms with Crippen LogP contribution in [-0.4, -0.2) is 9.78 Å². The highest BCUT2D eigenvalue weighted by Gasteiger charge is 2.05. The van der Waals surface area contributed by atoms with Gasteiger partial charge in [-0.05, 0) is 32.0 Å². The second-order valence-electron chi connectivity index (χ2n) is 4.23. The van der Waals surface area contributed by atoms with Crippen LogP contribution in [0.5, 0.6) is 0 Å². The van der Waals surface area contributed by atoms with E-state index in [0.717, 1.165) is 5.69 Å². The standard InChI is InChI=1S/C13H13FN4/c1-9(2)18-8-12(7-16-18)17-11-4-3-10(6-15)13(14)5-11/h3-5,7-9,17H,1-2H3. The molecular formula is C13H13FN4. The zero-order chi connectivity index (χ0) is 13.1. The van der Waals surface area contributed by atoms with E-state index in [2.05, 4.69) is 10.4 Å². The van der Waals surface area contributed by atoms with Crippen molar-refractivity contribution < 1.29 is 4.39 Å². The lowest BCUT2D eigenvalue weighted by Gasteiger charge is -2.05. The topological polar surface area (TPSA) is 53.6 Å². The number of hydrogen-bond acceptors (Lipinski definition) is 3. The number of nitriles is 1. The molecule has 0 aliphatic heterocycles. The first-order valence-electron chi connectivity index (χ1n) is 5.61. The summed E-state index contributed by atoms with van der Waals surface area (Å²) < 4.78 is 15.2. The second kappa shape index (κ2) is 4.88. The van der Waals surface area contributed by atoms with Gasteiger partial charge in [0.25, 0.3) is 0 Å². The fourth-order valence-corrected chi connectivity index (χ4v) is 1.54. The smallest absolute Gasteiger partial charge is 0.143 e. The van der Waals surface area contributed by atoms with Crippen LogP contribution in [0, 0.1) is 17.1 Å². The first-order valence-corrected chi connectivity index (χ1v) is 5.61. The average molecular weight is 244 g/mol. The van der Waals surface area contributed by atoms with Crippen molar-refractivity contribution in [2.45, 2.75) is 19.9 Å². The SMILES string of the molecule is CC(C)n1cc(Nc2ccc(C#N)c(F)c2)cn1. The van der Waals surface area contributed by atoms with Crippen LogP contribution >= 0.6 is 0 Å². The Labute approximate surface area is 105 Å². The molecule has 0 aliphatic carbocycles. The van der Waals surface area contributed by atoms with Crippen LogP contribution < -0.4 is 5.32 Å². The zero-order valence-corrected chi connectivity index (χ0v) is 10.2. The van der Waals surface area contributed by atoms with E-state index in [1.54, 1.807) is 18.3 Å². The molecule has 0 unspecified atom stereocenters. The first-order chi connectivity index (χ1) is 8.60. The molecule has 0 fully saturated rings. The van der Waals surface area contributed by atoms with Crippen molar-refractivity contribution in [3.63, 3.8) is 0 Å². The van der Waals surface area contributed by atoms with Gasteiger partial charge in [-0.2, -0.15) is 10.4 Å². The molecule has 0 saturated carbocycles. The van der Waals surface area contributed by atoms with Crippen LogP contribution in [0.1, 0.15) is 25.5 Å². The molecule has 1 heterocycles. The Morgan fingerprint density at radius 2 is 2.17 bits per heavy atom. The van der Waals surface area contributed by atoms with E-state index in [1.165, 1.54) is 12.1 Å². The largest absolute Gasteiger partial charge is 0.353 e. The van der Waals surface area contributed by atoms with Gasteiger partial charge in [-0.15, -0.1) is 0 Å². The number of hydrogen-bond donors (Lipinski definition) is 1. The molecule has 4 nitrogen and oxygen atoms in total. The summed E-state index contributed by atoms with van der Waals surface area (Å²) in [5.41, 5.74) is 1.42. The third kappa shape index (κ3) is 2.48. The average Bonchev–Trinajstić information content (AvgIpc) is 2.78. The molecule has 0 aliphatic rings. The van der Waals surface area contributed by atoms with Crippen molar-refractivity contribution >= 4 is 11.4 Å². The normalized spacial score (nSPS) is 10.4. The fourth-order valence-electron chi connectivity index (χ4n) is 1.54. The molecule has 1 aromatic heterocycles. The van der Waals surface area contributed by atoms with E-state index in [0.29, 0.717) is 5.69 Å². The predicted octanol–water partition coefficient (Wildman–Crippen LogP) is 3.22. The van der Waals surface area contributed by atoms with E-state index in [9.17, 15) is 4.39 Å². The third-order valence-corrected chi connectivity index (χ3v) is 2.51. The van der Waals surface area contributed by atoms with Gasteiger partial charge < -0.3 is 5.32 Å². The summed E-state index contributed by atoms with van der Waals surface area (Å²) in [6.07, 6.45) is 3.52. The highest BCUT2D eigenvalue weighted by Crippen LogP contribution is 2.19. The van der Waals surface area contributed by atoms with Crippen LogP contribution in [0.15, 0.2) is 30.6 Å². The van der Waals surface area contributed by atoms with Crippen molar-refractivity contribution in [1.82, 2.24) is 9.78 Å². The lowest BCUT2D eigenvalue weighted by molar-refractivity contribution is 0.532. The molecule has 0 bridgehead atoms. The monoisotopic (exact) mass is 244 g/mol. The van der Waals surface area contributed by atoms with Gasteiger partial charge in [-0.25, -0.2) is 4.39 Å². The Morgan fingerprint density at radius 1 is 1.39 bits per heavy atom. The molecule has 0 atom stereocenters. The molecule has 0 amide bonds. The summed E-state index contributed by atoms with van der Waals surface area (Å²) in [6, 6.07) is 6.47. The summed E-state index contributed by atoms with van der Waals surface area (Å²) in [7, 11) is 0. The number of nitrogens with one attached hydrogen (secondary N) is 1. The molecule has 5 heteroatoms. The highest BCUT2D eigenvalue weighted by atomic mass is 19.1. The van der Waals surface area contributed by atoms with Crippen molar-refractivity contribution in [3.8, 4) is 6.07 Å². The molecule has 2 rings (SSSR count). The van der Waals surface area contributed by atoms with Crippen LogP contribution in [0.25, 0.3) is 0 Å². The van der Waals surface area contributed by atoms with Crippen molar-refractivity contribution in [2.75, 3.05) is 5.32 Å². The minimum Gasteiger partial charge on any atom is -0.353 e. The minimum atomic E-state index is -0.529. The highest BCUT2D eigenvalue weighted by molar-refractivity contribution is 5.59. The van der Waals surface area contributed by atoms with Crippen molar-refractivity contribution in [1.29, 1.82) is 5.26 Å². The van der Waals surface area contributed by atoms with E-state index < -0.39 is 5.82 Å². The molecule has 0 saturated heterocycles. The Hall–Kier alpha value is -2.35. The molecule has 0 radical (unpaired) electrons. The molecule has 1 aromatic carbocycles. The first kappa shape index (κ1) is 12.1. The Bertz CT molecular complexity index is 595. The van der Waals surface area contributed by atoms with E-state index in [-0.39, 0.29) is 11.6 Å². The summed E-state index contributed by atoms with van der Waals surface area (Å²) >= 11 is 0. The summed E-state index contributed by atoms with van der Waals surface area (Å²) in [5.74, 6) is -0.529. The maximum absolute atomic E-state index is 13.4. The lowest BCUT2D eigenvalue weighted by atomic mass is 10.2. The van der Waals surface area contributed by atoms with Crippen LogP contribution in [0.3, 0.4) is 0 Å². The Morgan fingerprint density at radius 3 is 2.72 bits per heavy atom. The molecule has 1 N–H and O–H groups in total. The number of halogens is 1. The van der Waals surface area contributed by atoms with Crippen LogP contribution in [0.2, 0.25) is 0 Å². The van der Waals surface area contributed by atoms with Crippen LogP contribution in [0.4, 0.5) is 15.8 Å². The number of benzene rings is 1. The Kier molecular flexibility index (Phi) is 3.28. The maximum Gasteiger partial charge on any atom is 0.143 e. The third-order valence-electron chi connectivity index (χ3n) is 2.51. The van der Waals surface area contributed by atoms with Crippen molar-refractivity contribution in [2.24, 2.45) is 0 Å². The summed E-state index contributed by atoms with van der Waals surface area (Å²) in [5, 5.41) is 15.9. The molecular weight excluding hydrogens is 231 g/mol. The predicted molar refractivity (Wildman–Crippen MR) is 67.0 cm³/mol. The van der Waals surface area contributed by atoms with Gasteiger partial charge >= 0.3 is 0 Å². The zero-order valence-electron chi connectivity index (χ0n) is 10.2. The van der Waals surface area contributed by atoms with Gasteiger partial charge in [-0.3, -0.25) is 4.68 Å². The van der Waals surface area contributed by atoms with E-state index in [4.69, 9.17) is 5.26 Å². The van der Waals surface area contributed by atoms with Gasteiger partial charge in [0.15, 0.2) is 0 Å². The second-order valence-corrected chi connectivity index (χ2v) is 4.23. The number of anilines is 2. The van der Waals surface area contributed by atoms with E-state index >= 15 is 0 Å². The Balaban J connectivity index is 2.18. The van der Waals surface area contributed by atoms with Crippen LogP contribution in [-0.2, 0) is 0 Å². The van der Waals surface area contributed by atoms with Gasteiger partial charge in [0.1, 0.15) is 11.9 Å². The quantitative estimate of drug-likeness (QED) is 0.901. The van der Waals surface area contributed by atoms with E-state index in [1.807, 2.05) is 24.7 Å². The molecule has 0 spiro atoms. The van der Waals surface area contributed by atoms with Gasteiger partial charge in [-0.1, -0.05) is 0 Å². The van der Waals surface area contributed by atoms with Crippen molar-refractivity contribution in [3.05, 3.63) is 42.0 Å². The summed E-state index contributed by atoms with van der Waals surface area (Å²) in [6.45, 7) is 4.05. The summed E-state index contributed by atoms with van der Waals surface area (Å²) in [4.78, 5) is 0. The fraction of sp³-hybridized carbons (Fsp3) is 0.231. The number of nitrogens with zero attached hydrogens (tertiary/aromatic N) is 3. The molecule has 18 heavy (non-hydrogen) atoms. The molecule has 92 valence electrons. The van der Waals surface area contributed by atoms with Gasteiger partial charge in [0, 0.05) is 17.9 Å². The molecule has 2 aromatic rings. The van der Waals surface area contributed by atoms with Gasteiger partial charge in [0.2, 0.25) is 0 Å². The maximum atomic E-state index is 13.4.